The Morgan fingerprint density at radius 1 is 1.60 bits per heavy atom. The summed E-state index contributed by atoms with van der Waals surface area (Å²) in [5, 5.41) is 9.22. The normalized spacial score (nSPS) is 20.3. The summed E-state index contributed by atoms with van der Waals surface area (Å²) in [6, 6.07) is 0. The van der Waals surface area contributed by atoms with Crippen molar-refractivity contribution in [2.45, 2.75) is 26.7 Å². The highest BCUT2D eigenvalue weighted by atomic mass is 16.5. The summed E-state index contributed by atoms with van der Waals surface area (Å²) >= 11 is 0. The first-order valence-corrected chi connectivity index (χ1v) is 5.54. The fourth-order valence-corrected chi connectivity index (χ4v) is 1.55. The third-order valence-corrected chi connectivity index (χ3v) is 3.31. The Hall–Kier alpha value is -0.610. The summed E-state index contributed by atoms with van der Waals surface area (Å²) < 4.78 is 5.48. The van der Waals surface area contributed by atoms with Crippen molar-refractivity contribution in [1.29, 1.82) is 0 Å². The number of rotatable bonds is 7. The molecular formula is C11H21NO3. The summed E-state index contributed by atoms with van der Waals surface area (Å²) in [7, 11) is 0. The lowest BCUT2D eigenvalue weighted by Crippen LogP contribution is -2.47. The number of carbonyl (C=O) groups is 1. The van der Waals surface area contributed by atoms with E-state index in [2.05, 4.69) is 0 Å². The van der Waals surface area contributed by atoms with Crippen LogP contribution in [0.3, 0.4) is 0 Å². The Labute approximate surface area is 90.8 Å². The van der Waals surface area contributed by atoms with Crippen LogP contribution in [0, 0.1) is 17.3 Å². The SMILES string of the molecule is CC(C)C(CN)(COCC1CC1)C(=O)O. The zero-order chi connectivity index (χ0) is 11.5. The molecule has 15 heavy (non-hydrogen) atoms. The molecule has 0 radical (unpaired) electrons. The van der Waals surface area contributed by atoms with Crippen molar-refractivity contribution < 1.29 is 14.6 Å². The lowest BCUT2D eigenvalue weighted by molar-refractivity contribution is -0.156. The number of ether oxygens (including phenoxy) is 1. The van der Waals surface area contributed by atoms with E-state index in [-0.39, 0.29) is 19.1 Å². The van der Waals surface area contributed by atoms with Crippen molar-refractivity contribution >= 4 is 5.97 Å². The lowest BCUT2D eigenvalue weighted by Gasteiger charge is -2.31. The first kappa shape index (κ1) is 12.5. The zero-order valence-corrected chi connectivity index (χ0v) is 9.53. The second kappa shape index (κ2) is 4.94. The van der Waals surface area contributed by atoms with Crippen LogP contribution < -0.4 is 5.73 Å². The Bertz CT molecular complexity index is 226. The van der Waals surface area contributed by atoms with E-state index in [4.69, 9.17) is 10.5 Å². The fourth-order valence-electron chi connectivity index (χ4n) is 1.55. The van der Waals surface area contributed by atoms with Gasteiger partial charge in [0.1, 0.15) is 5.41 Å². The predicted octanol–water partition coefficient (Wildman–Crippen LogP) is 1.10. The van der Waals surface area contributed by atoms with E-state index >= 15 is 0 Å². The van der Waals surface area contributed by atoms with Crippen LogP contribution in [-0.4, -0.2) is 30.8 Å². The summed E-state index contributed by atoms with van der Waals surface area (Å²) in [5.74, 6) is -0.212. The van der Waals surface area contributed by atoms with E-state index in [0.717, 1.165) is 0 Å². The maximum absolute atomic E-state index is 11.2. The quantitative estimate of drug-likeness (QED) is 0.667. The number of hydrogen-bond donors (Lipinski definition) is 2. The third kappa shape index (κ3) is 2.92. The van der Waals surface area contributed by atoms with Gasteiger partial charge in [0.2, 0.25) is 0 Å². The number of aliphatic carboxylic acids is 1. The summed E-state index contributed by atoms with van der Waals surface area (Å²) in [4.78, 5) is 11.2. The summed E-state index contributed by atoms with van der Waals surface area (Å²) in [5.41, 5.74) is 4.66. The van der Waals surface area contributed by atoms with Crippen LogP contribution in [0.1, 0.15) is 26.7 Å². The van der Waals surface area contributed by atoms with Crippen LogP contribution in [0.25, 0.3) is 0 Å². The molecular weight excluding hydrogens is 194 g/mol. The maximum Gasteiger partial charge on any atom is 0.313 e. The topological polar surface area (TPSA) is 72.5 Å². The first-order valence-electron chi connectivity index (χ1n) is 5.54. The van der Waals surface area contributed by atoms with E-state index in [9.17, 15) is 9.90 Å². The van der Waals surface area contributed by atoms with Gasteiger partial charge in [0.15, 0.2) is 0 Å². The van der Waals surface area contributed by atoms with E-state index in [1.807, 2.05) is 13.8 Å². The van der Waals surface area contributed by atoms with Crippen molar-refractivity contribution in [2.24, 2.45) is 23.0 Å². The maximum atomic E-state index is 11.2. The molecule has 1 fully saturated rings. The average molecular weight is 215 g/mol. The Morgan fingerprint density at radius 3 is 2.53 bits per heavy atom. The Morgan fingerprint density at radius 2 is 2.20 bits per heavy atom. The molecule has 3 N–H and O–H groups in total. The molecule has 0 amide bonds. The van der Waals surface area contributed by atoms with Gasteiger partial charge in [-0.15, -0.1) is 0 Å². The van der Waals surface area contributed by atoms with Crippen LogP contribution in [0.2, 0.25) is 0 Å². The Balaban J connectivity index is 2.49. The molecule has 0 aromatic carbocycles. The van der Waals surface area contributed by atoms with Crippen molar-refractivity contribution in [3.63, 3.8) is 0 Å². The smallest absolute Gasteiger partial charge is 0.313 e. The van der Waals surface area contributed by atoms with Gasteiger partial charge in [0.05, 0.1) is 6.61 Å². The van der Waals surface area contributed by atoms with Gasteiger partial charge in [-0.2, -0.15) is 0 Å². The van der Waals surface area contributed by atoms with Gasteiger partial charge >= 0.3 is 5.97 Å². The zero-order valence-electron chi connectivity index (χ0n) is 9.53. The average Bonchev–Trinajstić information content (AvgIpc) is 2.95. The lowest BCUT2D eigenvalue weighted by atomic mass is 9.78. The minimum absolute atomic E-state index is 0.0146. The van der Waals surface area contributed by atoms with Crippen LogP contribution in [-0.2, 0) is 9.53 Å². The first-order chi connectivity index (χ1) is 7.03. The minimum atomic E-state index is -0.922. The van der Waals surface area contributed by atoms with Gasteiger partial charge in [0, 0.05) is 13.2 Å². The molecule has 0 spiro atoms. The molecule has 0 aromatic rings. The molecule has 0 saturated heterocycles. The number of nitrogens with two attached hydrogens (primary N) is 1. The highest BCUT2D eigenvalue weighted by Crippen LogP contribution is 2.31. The number of hydrogen-bond acceptors (Lipinski definition) is 3. The molecule has 0 bridgehead atoms. The highest BCUT2D eigenvalue weighted by Gasteiger charge is 2.41. The van der Waals surface area contributed by atoms with E-state index in [1.165, 1.54) is 12.8 Å². The molecule has 1 rings (SSSR count). The Kier molecular flexibility index (Phi) is 4.11. The number of carboxylic acid groups (broad SMARTS) is 1. The molecule has 4 heteroatoms. The molecule has 0 aromatic heterocycles. The molecule has 88 valence electrons. The second-order valence-corrected chi connectivity index (χ2v) is 4.78. The van der Waals surface area contributed by atoms with Gasteiger partial charge < -0.3 is 15.6 Å². The largest absolute Gasteiger partial charge is 0.481 e. The van der Waals surface area contributed by atoms with Crippen LogP contribution in [0.15, 0.2) is 0 Å². The van der Waals surface area contributed by atoms with Crippen molar-refractivity contribution in [1.82, 2.24) is 0 Å². The van der Waals surface area contributed by atoms with Gasteiger partial charge in [0.25, 0.3) is 0 Å². The molecule has 1 saturated carbocycles. The van der Waals surface area contributed by atoms with Crippen molar-refractivity contribution in [2.75, 3.05) is 19.8 Å². The summed E-state index contributed by atoms with van der Waals surface area (Å²) in [6.45, 7) is 4.79. The van der Waals surface area contributed by atoms with Crippen molar-refractivity contribution in [3.8, 4) is 0 Å². The standard InChI is InChI=1S/C11H21NO3/c1-8(2)11(6-12,10(13)14)7-15-5-9-3-4-9/h8-9H,3-7,12H2,1-2H3,(H,13,14). The van der Waals surface area contributed by atoms with E-state index in [1.54, 1.807) is 0 Å². The third-order valence-electron chi connectivity index (χ3n) is 3.31. The van der Waals surface area contributed by atoms with Crippen molar-refractivity contribution in [3.05, 3.63) is 0 Å². The minimum Gasteiger partial charge on any atom is -0.481 e. The summed E-state index contributed by atoms with van der Waals surface area (Å²) in [6.07, 6.45) is 2.43. The second-order valence-electron chi connectivity index (χ2n) is 4.78. The highest BCUT2D eigenvalue weighted by molar-refractivity contribution is 5.75. The molecule has 0 aliphatic heterocycles. The van der Waals surface area contributed by atoms with E-state index in [0.29, 0.717) is 12.5 Å². The molecule has 1 atom stereocenters. The van der Waals surface area contributed by atoms with Gasteiger partial charge in [-0.1, -0.05) is 13.8 Å². The molecule has 1 aliphatic carbocycles. The van der Waals surface area contributed by atoms with Gasteiger partial charge in [-0.05, 0) is 24.7 Å². The monoisotopic (exact) mass is 215 g/mol. The number of carboxylic acids is 1. The van der Waals surface area contributed by atoms with Crippen LogP contribution in [0.5, 0.6) is 0 Å². The molecule has 4 nitrogen and oxygen atoms in total. The predicted molar refractivity (Wildman–Crippen MR) is 57.5 cm³/mol. The van der Waals surface area contributed by atoms with Gasteiger partial charge in [-0.25, -0.2) is 0 Å². The van der Waals surface area contributed by atoms with E-state index < -0.39 is 11.4 Å². The van der Waals surface area contributed by atoms with Crippen LogP contribution >= 0.6 is 0 Å². The molecule has 1 unspecified atom stereocenters. The molecule has 1 aliphatic rings. The molecule has 0 heterocycles. The van der Waals surface area contributed by atoms with Gasteiger partial charge in [-0.3, -0.25) is 4.79 Å². The fraction of sp³-hybridized carbons (Fsp3) is 0.909. The van der Waals surface area contributed by atoms with Crippen LogP contribution in [0.4, 0.5) is 0 Å².